The molecule has 3 rings (SSSR count). The summed E-state index contributed by atoms with van der Waals surface area (Å²) < 4.78 is 27.6. The predicted molar refractivity (Wildman–Crippen MR) is 115 cm³/mol. The molecule has 6 nitrogen and oxygen atoms in total. The van der Waals surface area contributed by atoms with Crippen LogP contribution in [0.25, 0.3) is 0 Å². The van der Waals surface area contributed by atoms with Crippen molar-refractivity contribution in [3.63, 3.8) is 0 Å². The third kappa shape index (κ3) is 4.84. The standard InChI is InChI=1S/C22H35N3O3S/c1-16-12-17(2)15-24(14-16)22(26)20(5)23-8-10-25(11-9-23)29(27,28)21-7-6-18(3)19(4)13-21/h6-7,13,16-17,20H,8-12,14-15H2,1-5H3/t16-,17+,20-/m0/s1. The van der Waals surface area contributed by atoms with Crippen molar-refractivity contribution in [3.8, 4) is 0 Å². The molecule has 0 aromatic heterocycles. The van der Waals surface area contributed by atoms with Crippen LogP contribution < -0.4 is 0 Å². The first-order valence-electron chi connectivity index (χ1n) is 10.7. The van der Waals surface area contributed by atoms with E-state index in [2.05, 4.69) is 18.7 Å². The van der Waals surface area contributed by atoms with E-state index >= 15 is 0 Å². The maximum Gasteiger partial charge on any atom is 0.243 e. The zero-order chi connectivity index (χ0) is 21.3. The second-order valence-corrected chi connectivity index (χ2v) is 11.0. The summed E-state index contributed by atoms with van der Waals surface area (Å²) in [6.07, 6.45) is 1.17. The maximum atomic E-state index is 13.0. The number of rotatable bonds is 4. The summed E-state index contributed by atoms with van der Waals surface area (Å²) in [5, 5.41) is 0. The molecule has 1 amide bonds. The highest BCUT2D eigenvalue weighted by Gasteiger charge is 2.35. The second-order valence-electron chi connectivity index (χ2n) is 9.05. The van der Waals surface area contributed by atoms with Gasteiger partial charge in [0.15, 0.2) is 0 Å². The van der Waals surface area contributed by atoms with Gasteiger partial charge < -0.3 is 4.90 Å². The highest BCUT2D eigenvalue weighted by Crippen LogP contribution is 2.24. The molecule has 1 aromatic rings. The Hall–Kier alpha value is -1.44. The van der Waals surface area contributed by atoms with Gasteiger partial charge >= 0.3 is 0 Å². The van der Waals surface area contributed by atoms with Crippen molar-refractivity contribution in [2.45, 2.75) is 52.0 Å². The fraction of sp³-hybridized carbons (Fsp3) is 0.682. The average molecular weight is 422 g/mol. The molecular weight excluding hydrogens is 386 g/mol. The molecule has 0 radical (unpaired) electrons. The summed E-state index contributed by atoms with van der Waals surface area (Å²) in [5.41, 5.74) is 2.07. The van der Waals surface area contributed by atoms with E-state index in [1.54, 1.807) is 16.4 Å². The lowest BCUT2D eigenvalue weighted by Gasteiger charge is -2.41. The fourth-order valence-electron chi connectivity index (χ4n) is 4.62. The molecule has 3 atom stereocenters. The van der Waals surface area contributed by atoms with E-state index in [0.29, 0.717) is 42.9 Å². The van der Waals surface area contributed by atoms with Crippen LogP contribution in [-0.2, 0) is 14.8 Å². The number of likely N-dealkylation sites (tertiary alicyclic amines) is 1. The zero-order valence-electron chi connectivity index (χ0n) is 18.4. The van der Waals surface area contributed by atoms with Gasteiger partial charge in [-0.3, -0.25) is 9.69 Å². The number of carbonyl (C=O) groups excluding carboxylic acids is 1. The minimum atomic E-state index is -3.49. The molecule has 0 bridgehead atoms. The lowest BCUT2D eigenvalue weighted by atomic mass is 9.91. The highest BCUT2D eigenvalue weighted by atomic mass is 32.2. The molecule has 0 spiro atoms. The SMILES string of the molecule is Cc1ccc(S(=O)(=O)N2CCN([C@@H](C)C(=O)N3C[C@H](C)C[C@H](C)C3)CC2)cc1C. The van der Waals surface area contributed by atoms with E-state index in [4.69, 9.17) is 0 Å². The van der Waals surface area contributed by atoms with Crippen molar-refractivity contribution in [3.05, 3.63) is 29.3 Å². The summed E-state index contributed by atoms with van der Waals surface area (Å²) >= 11 is 0. The molecule has 0 N–H and O–H groups in total. The lowest BCUT2D eigenvalue weighted by Crippen LogP contribution is -2.56. The summed E-state index contributed by atoms with van der Waals surface area (Å²) in [4.78, 5) is 17.5. The number of carbonyl (C=O) groups is 1. The number of sulfonamides is 1. The fourth-order valence-corrected chi connectivity index (χ4v) is 6.13. The first kappa shape index (κ1) is 22.2. The first-order valence-corrected chi connectivity index (χ1v) is 12.1. The molecule has 2 aliphatic heterocycles. The van der Waals surface area contributed by atoms with E-state index < -0.39 is 10.0 Å². The van der Waals surface area contributed by atoms with Gasteiger partial charge in [0, 0.05) is 39.3 Å². The normalized spacial score (nSPS) is 25.8. The third-order valence-electron chi connectivity index (χ3n) is 6.48. The van der Waals surface area contributed by atoms with Gasteiger partial charge in [-0.2, -0.15) is 4.31 Å². The molecule has 2 heterocycles. The van der Waals surface area contributed by atoms with Crippen LogP contribution in [0.3, 0.4) is 0 Å². The van der Waals surface area contributed by atoms with E-state index in [1.807, 2.05) is 31.7 Å². The number of aryl methyl sites for hydroxylation is 2. The quantitative estimate of drug-likeness (QED) is 0.749. The van der Waals surface area contributed by atoms with Crippen molar-refractivity contribution in [2.75, 3.05) is 39.3 Å². The molecule has 0 saturated carbocycles. The molecule has 2 saturated heterocycles. The molecule has 7 heteroatoms. The van der Waals surface area contributed by atoms with Gasteiger partial charge in [-0.25, -0.2) is 8.42 Å². The van der Waals surface area contributed by atoms with Crippen LogP contribution in [0, 0.1) is 25.7 Å². The van der Waals surface area contributed by atoms with Gasteiger partial charge in [0.1, 0.15) is 0 Å². The van der Waals surface area contributed by atoms with Crippen LogP contribution in [0.5, 0.6) is 0 Å². The highest BCUT2D eigenvalue weighted by molar-refractivity contribution is 7.89. The number of piperidine rings is 1. The van der Waals surface area contributed by atoms with Crippen molar-refractivity contribution in [1.29, 1.82) is 0 Å². The maximum absolute atomic E-state index is 13.0. The number of hydrogen-bond donors (Lipinski definition) is 0. The van der Waals surface area contributed by atoms with Gasteiger partial charge in [-0.15, -0.1) is 0 Å². The molecule has 1 aromatic carbocycles. The molecule has 0 aliphatic carbocycles. The van der Waals surface area contributed by atoms with Gasteiger partial charge in [0.25, 0.3) is 0 Å². The predicted octanol–water partition coefficient (Wildman–Crippen LogP) is 2.50. The number of benzene rings is 1. The molecular formula is C22H35N3O3S. The summed E-state index contributed by atoms with van der Waals surface area (Å²) in [5.74, 6) is 1.25. The summed E-state index contributed by atoms with van der Waals surface area (Å²) in [7, 11) is -3.49. The van der Waals surface area contributed by atoms with Crippen LogP contribution in [-0.4, -0.2) is 73.7 Å². The smallest absolute Gasteiger partial charge is 0.243 e. The Balaban J connectivity index is 1.62. The van der Waals surface area contributed by atoms with Gasteiger partial charge in [0.2, 0.25) is 15.9 Å². The van der Waals surface area contributed by atoms with Crippen molar-refractivity contribution >= 4 is 15.9 Å². The lowest BCUT2D eigenvalue weighted by molar-refractivity contribution is -0.139. The van der Waals surface area contributed by atoms with Gasteiger partial charge in [0.05, 0.1) is 10.9 Å². The number of nitrogens with zero attached hydrogens (tertiary/aromatic N) is 3. The largest absolute Gasteiger partial charge is 0.341 e. The molecule has 0 unspecified atom stereocenters. The first-order chi connectivity index (χ1) is 13.6. The van der Waals surface area contributed by atoms with Crippen LogP contribution in [0.2, 0.25) is 0 Å². The van der Waals surface area contributed by atoms with Gasteiger partial charge in [-0.1, -0.05) is 19.9 Å². The zero-order valence-corrected chi connectivity index (χ0v) is 19.2. The number of piperazine rings is 1. The Kier molecular flexibility index (Phi) is 6.70. The Morgan fingerprint density at radius 1 is 1.00 bits per heavy atom. The third-order valence-corrected chi connectivity index (χ3v) is 8.37. The van der Waals surface area contributed by atoms with E-state index in [0.717, 1.165) is 24.2 Å². The van der Waals surface area contributed by atoms with Crippen LogP contribution >= 0.6 is 0 Å². The topological polar surface area (TPSA) is 60.9 Å². The van der Waals surface area contributed by atoms with Crippen molar-refractivity contribution in [1.82, 2.24) is 14.1 Å². The van der Waals surface area contributed by atoms with E-state index in [9.17, 15) is 13.2 Å². The van der Waals surface area contributed by atoms with Crippen LogP contribution in [0.4, 0.5) is 0 Å². The molecule has 162 valence electrons. The van der Waals surface area contributed by atoms with E-state index in [-0.39, 0.29) is 11.9 Å². The molecule has 2 fully saturated rings. The molecule has 2 aliphatic rings. The van der Waals surface area contributed by atoms with Crippen LogP contribution in [0.1, 0.15) is 38.3 Å². The van der Waals surface area contributed by atoms with Crippen molar-refractivity contribution < 1.29 is 13.2 Å². The summed E-state index contributed by atoms with van der Waals surface area (Å²) in [6.45, 7) is 13.9. The summed E-state index contributed by atoms with van der Waals surface area (Å²) in [6, 6.07) is 5.09. The van der Waals surface area contributed by atoms with Crippen LogP contribution in [0.15, 0.2) is 23.1 Å². The number of hydrogen-bond acceptors (Lipinski definition) is 4. The average Bonchev–Trinajstić information content (AvgIpc) is 2.68. The monoisotopic (exact) mass is 421 g/mol. The minimum Gasteiger partial charge on any atom is -0.341 e. The van der Waals surface area contributed by atoms with E-state index in [1.165, 1.54) is 6.42 Å². The Bertz CT molecular complexity index is 837. The molecule has 29 heavy (non-hydrogen) atoms. The minimum absolute atomic E-state index is 0.175. The second kappa shape index (κ2) is 8.74. The van der Waals surface area contributed by atoms with Gasteiger partial charge in [-0.05, 0) is 62.3 Å². The Morgan fingerprint density at radius 2 is 1.59 bits per heavy atom. The van der Waals surface area contributed by atoms with Crippen molar-refractivity contribution in [2.24, 2.45) is 11.8 Å². The Morgan fingerprint density at radius 3 is 2.14 bits per heavy atom. The Labute approximate surface area is 175 Å². The number of amides is 1.